The summed E-state index contributed by atoms with van der Waals surface area (Å²) in [6.45, 7) is 2.99. The second-order valence-corrected chi connectivity index (χ2v) is 8.93. The molecule has 3 aromatic heterocycles. The van der Waals surface area contributed by atoms with Gasteiger partial charge in [-0.1, -0.05) is 0 Å². The van der Waals surface area contributed by atoms with Crippen LogP contribution in [0.2, 0.25) is 0 Å². The van der Waals surface area contributed by atoms with Crippen LogP contribution in [0.25, 0.3) is 22.2 Å². The molecule has 0 saturated carbocycles. The largest absolute Gasteiger partial charge is 0.505 e. The number of likely N-dealkylation sites (tertiary alicyclic amines) is 2. The number of phenols is 1. The van der Waals surface area contributed by atoms with Gasteiger partial charge in [0, 0.05) is 67.3 Å². The normalized spacial score (nSPS) is 17.9. The Kier molecular flexibility index (Phi) is 5.06. The number of H-pyrrole nitrogens is 1. The second kappa shape index (κ2) is 8.25. The van der Waals surface area contributed by atoms with E-state index in [2.05, 4.69) is 26.2 Å². The molecule has 1 aromatic carbocycles. The zero-order chi connectivity index (χ0) is 23.2. The number of fused-ring (bicyclic) bond motifs is 1. The summed E-state index contributed by atoms with van der Waals surface area (Å²) in [6, 6.07) is 9.51. The fourth-order valence-electron chi connectivity index (χ4n) is 4.93. The van der Waals surface area contributed by atoms with E-state index >= 15 is 0 Å². The Morgan fingerprint density at radius 1 is 1.15 bits per heavy atom. The Balaban J connectivity index is 1.05. The van der Waals surface area contributed by atoms with Crippen LogP contribution in [-0.2, 0) is 0 Å². The molecule has 2 saturated heterocycles. The van der Waals surface area contributed by atoms with E-state index in [0.29, 0.717) is 19.1 Å². The van der Waals surface area contributed by atoms with Gasteiger partial charge in [-0.05, 0) is 48.7 Å². The number of phenolic OH excluding ortho intramolecular Hbond substituents is 1. The molecule has 0 spiro atoms. The van der Waals surface area contributed by atoms with Crippen molar-refractivity contribution in [3.05, 3.63) is 72.5 Å². The first-order valence-corrected chi connectivity index (χ1v) is 11.4. The van der Waals surface area contributed by atoms with Crippen molar-refractivity contribution >= 4 is 16.9 Å². The minimum atomic E-state index is -0.771. The quantitative estimate of drug-likeness (QED) is 0.489. The minimum absolute atomic E-state index is 0.190. The summed E-state index contributed by atoms with van der Waals surface area (Å²) in [5.74, 6) is -1.40. The number of nitrogens with zero attached hydrogens (tertiary/aromatic N) is 5. The van der Waals surface area contributed by atoms with Crippen LogP contribution in [0.3, 0.4) is 0 Å². The Morgan fingerprint density at radius 3 is 2.76 bits per heavy atom. The molecule has 34 heavy (non-hydrogen) atoms. The molecule has 0 atom stereocenters. The van der Waals surface area contributed by atoms with Crippen molar-refractivity contribution in [3.8, 4) is 16.9 Å². The number of rotatable bonds is 4. The Bertz CT molecular complexity index is 1350. The molecule has 0 bridgehead atoms. The number of benzene rings is 1. The van der Waals surface area contributed by atoms with Crippen LogP contribution in [0.1, 0.15) is 23.2 Å². The van der Waals surface area contributed by atoms with Gasteiger partial charge in [0.25, 0.3) is 5.91 Å². The van der Waals surface area contributed by atoms with Crippen molar-refractivity contribution in [1.29, 1.82) is 0 Å². The Morgan fingerprint density at radius 2 is 1.97 bits per heavy atom. The van der Waals surface area contributed by atoms with Crippen molar-refractivity contribution in [2.45, 2.75) is 18.9 Å². The van der Waals surface area contributed by atoms with Crippen LogP contribution in [-0.4, -0.2) is 72.8 Å². The third-order valence-electron chi connectivity index (χ3n) is 6.91. The third-order valence-corrected chi connectivity index (χ3v) is 6.91. The smallest absolute Gasteiger partial charge is 0.253 e. The molecule has 2 aliphatic heterocycles. The number of halogens is 1. The van der Waals surface area contributed by atoms with Crippen molar-refractivity contribution < 1.29 is 14.3 Å². The number of nitrogens with one attached hydrogen (secondary N) is 1. The van der Waals surface area contributed by atoms with Crippen molar-refractivity contribution in [1.82, 2.24) is 29.5 Å². The highest BCUT2D eigenvalue weighted by Crippen LogP contribution is 2.31. The van der Waals surface area contributed by atoms with E-state index in [0.717, 1.165) is 54.2 Å². The van der Waals surface area contributed by atoms with Crippen LogP contribution in [0.15, 0.2) is 55.1 Å². The summed E-state index contributed by atoms with van der Waals surface area (Å²) in [4.78, 5) is 24.4. The fourth-order valence-corrected chi connectivity index (χ4v) is 4.93. The molecule has 2 N–H and O–H groups in total. The number of piperidine rings is 1. The van der Waals surface area contributed by atoms with Gasteiger partial charge in [0.15, 0.2) is 11.6 Å². The van der Waals surface area contributed by atoms with Crippen LogP contribution < -0.4 is 0 Å². The molecule has 2 fully saturated rings. The van der Waals surface area contributed by atoms with E-state index in [1.807, 2.05) is 29.2 Å². The molecule has 2 aliphatic rings. The molecule has 4 aromatic rings. The highest BCUT2D eigenvalue weighted by Gasteiger charge is 2.37. The van der Waals surface area contributed by atoms with E-state index < -0.39 is 11.6 Å². The van der Waals surface area contributed by atoms with Crippen LogP contribution in [0.5, 0.6) is 5.75 Å². The first kappa shape index (κ1) is 20.9. The number of hydrogen-bond acceptors (Lipinski definition) is 5. The lowest BCUT2D eigenvalue weighted by molar-refractivity contribution is 0.0514. The van der Waals surface area contributed by atoms with Crippen LogP contribution in [0.4, 0.5) is 4.39 Å². The van der Waals surface area contributed by atoms with Gasteiger partial charge < -0.3 is 15.0 Å². The van der Waals surface area contributed by atoms with Gasteiger partial charge in [0.1, 0.15) is 11.7 Å². The zero-order valence-electron chi connectivity index (χ0n) is 18.5. The predicted molar refractivity (Wildman–Crippen MR) is 125 cm³/mol. The van der Waals surface area contributed by atoms with Crippen molar-refractivity contribution in [2.75, 3.05) is 26.2 Å². The van der Waals surface area contributed by atoms with Gasteiger partial charge in [-0.2, -0.15) is 5.10 Å². The molecule has 1 radical (unpaired) electrons. The number of pyridine rings is 1. The van der Waals surface area contributed by atoms with Gasteiger partial charge in [-0.15, -0.1) is 0 Å². The van der Waals surface area contributed by atoms with Gasteiger partial charge in [-0.3, -0.25) is 14.4 Å². The standard InChI is InChI=1S/C25H24FN6O2/c26-22-11-16(1-2-23(22)33)25(34)30-9-5-18(6-10-30)31-14-19(15-31)32-13-17(12-29-32)20-3-7-27-24-21(20)4-8-28-24/h1-4,7-8,11-13,18,33H,5-6,9-10,14-15H2,(H,27,28). The lowest BCUT2D eigenvalue weighted by Crippen LogP contribution is -2.56. The predicted octanol–water partition coefficient (Wildman–Crippen LogP) is 3.27. The zero-order valence-corrected chi connectivity index (χ0v) is 18.5. The maximum Gasteiger partial charge on any atom is 0.253 e. The molecule has 0 unspecified atom stereocenters. The summed E-state index contributed by atoms with van der Waals surface area (Å²) >= 11 is 0. The van der Waals surface area contributed by atoms with E-state index in [1.54, 1.807) is 11.1 Å². The van der Waals surface area contributed by atoms with Gasteiger partial charge >= 0.3 is 0 Å². The number of carbonyl (C=O) groups excluding carboxylic acids is 1. The number of aromatic amines is 1. The highest BCUT2D eigenvalue weighted by molar-refractivity contribution is 5.94. The third kappa shape index (κ3) is 3.62. The van der Waals surface area contributed by atoms with E-state index in [1.165, 1.54) is 18.2 Å². The van der Waals surface area contributed by atoms with E-state index in [-0.39, 0.29) is 11.5 Å². The molecule has 6 rings (SSSR count). The molecular formula is C25H24FN6O2. The summed E-state index contributed by atoms with van der Waals surface area (Å²) < 4.78 is 15.6. The SMILES string of the molecule is O=C(c1ccc(O)c(F)c1)N1CCC(N2C[C](n3cc(-c4ccnc5[nH]ccc45)cn3)C2)CC1. The molecule has 8 nitrogen and oxygen atoms in total. The van der Waals surface area contributed by atoms with Crippen LogP contribution in [0, 0.1) is 11.9 Å². The molecule has 1 amide bonds. The number of amides is 1. The molecule has 0 aliphatic carbocycles. The summed E-state index contributed by atoms with van der Waals surface area (Å²) in [5, 5.41) is 15.0. The maximum atomic E-state index is 13.6. The number of aromatic nitrogens is 4. The summed E-state index contributed by atoms with van der Waals surface area (Å²) in [7, 11) is 0. The summed E-state index contributed by atoms with van der Waals surface area (Å²) in [5.41, 5.74) is 3.32. The Labute approximate surface area is 195 Å². The highest BCUT2D eigenvalue weighted by atomic mass is 19.1. The Hall–Kier alpha value is -3.72. The lowest BCUT2D eigenvalue weighted by atomic mass is 9.97. The van der Waals surface area contributed by atoms with Gasteiger partial charge in [-0.25, -0.2) is 9.37 Å². The first-order valence-electron chi connectivity index (χ1n) is 11.4. The molecule has 9 heteroatoms. The van der Waals surface area contributed by atoms with E-state index in [4.69, 9.17) is 0 Å². The molecular weight excluding hydrogens is 435 g/mol. The van der Waals surface area contributed by atoms with Gasteiger partial charge in [0.05, 0.1) is 6.20 Å². The number of carbonyl (C=O) groups is 1. The van der Waals surface area contributed by atoms with Crippen molar-refractivity contribution in [2.24, 2.45) is 0 Å². The average Bonchev–Trinajstić information content (AvgIpc) is 3.50. The van der Waals surface area contributed by atoms with E-state index in [9.17, 15) is 14.3 Å². The molecule has 173 valence electrons. The first-order chi connectivity index (χ1) is 16.6. The monoisotopic (exact) mass is 459 g/mol. The maximum absolute atomic E-state index is 13.6. The average molecular weight is 460 g/mol. The van der Waals surface area contributed by atoms with Crippen LogP contribution >= 0.6 is 0 Å². The van der Waals surface area contributed by atoms with Gasteiger partial charge in [0.2, 0.25) is 0 Å². The minimum Gasteiger partial charge on any atom is -0.505 e. The molecule has 5 heterocycles. The number of aromatic hydroxyl groups is 1. The van der Waals surface area contributed by atoms with Crippen molar-refractivity contribution in [3.63, 3.8) is 0 Å². The summed E-state index contributed by atoms with van der Waals surface area (Å²) in [6.07, 6.45) is 9.43. The lowest BCUT2D eigenvalue weighted by Gasteiger charge is -2.46. The second-order valence-electron chi connectivity index (χ2n) is 8.93. The number of hydrogen-bond donors (Lipinski definition) is 2. The fraction of sp³-hybridized carbons (Fsp3) is 0.280. The topological polar surface area (TPSA) is 90.3 Å².